The molecular formula is C8H6BFN2O2. The molecule has 0 amide bonds. The summed E-state index contributed by atoms with van der Waals surface area (Å²) in [5, 5.41) is 17.7. The average molecular weight is 192 g/mol. The van der Waals surface area contributed by atoms with Crippen LogP contribution in [0.25, 0.3) is 11.0 Å². The SMILES string of the molecule is OB(O)c1cc2nccnc2cc1F. The second kappa shape index (κ2) is 3.32. The molecule has 0 radical (unpaired) electrons. The van der Waals surface area contributed by atoms with Crippen molar-refractivity contribution in [2.24, 2.45) is 0 Å². The van der Waals surface area contributed by atoms with E-state index in [4.69, 9.17) is 10.0 Å². The van der Waals surface area contributed by atoms with Crippen LogP contribution < -0.4 is 5.46 Å². The summed E-state index contributed by atoms with van der Waals surface area (Å²) in [6, 6.07) is 2.39. The Hall–Kier alpha value is -1.53. The fourth-order valence-electron chi connectivity index (χ4n) is 1.20. The van der Waals surface area contributed by atoms with Gasteiger partial charge in [-0.05, 0) is 6.07 Å². The van der Waals surface area contributed by atoms with Crippen LogP contribution in [0, 0.1) is 5.82 Å². The van der Waals surface area contributed by atoms with Gasteiger partial charge in [0.25, 0.3) is 0 Å². The average Bonchev–Trinajstić information content (AvgIpc) is 2.16. The number of aromatic nitrogens is 2. The van der Waals surface area contributed by atoms with Gasteiger partial charge in [0, 0.05) is 23.9 Å². The Kier molecular flexibility index (Phi) is 2.15. The molecule has 2 rings (SSSR count). The van der Waals surface area contributed by atoms with Crippen LogP contribution in [0.4, 0.5) is 4.39 Å². The Bertz CT molecular complexity index is 478. The minimum atomic E-state index is -1.83. The van der Waals surface area contributed by atoms with Crippen LogP contribution in [-0.2, 0) is 0 Å². The van der Waals surface area contributed by atoms with Crippen molar-refractivity contribution in [1.82, 2.24) is 9.97 Å². The normalized spacial score (nSPS) is 10.5. The fraction of sp³-hybridized carbons (Fsp3) is 0. The number of hydrogen-bond acceptors (Lipinski definition) is 4. The van der Waals surface area contributed by atoms with Crippen LogP contribution in [0.3, 0.4) is 0 Å². The van der Waals surface area contributed by atoms with Gasteiger partial charge in [0.2, 0.25) is 0 Å². The van der Waals surface area contributed by atoms with Crippen molar-refractivity contribution < 1.29 is 14.4 Å². The van der Waals surface area contributed by atoms with Gasteiger partial charge in [-0.15, -0.1) is 0 Å². The molecule has 0 saturated carbocycles. The minimum absolute atomic E-state index is 0.196. The lowest BCUT2D eigenvalue weighted by Crippen LogP contribution is -2.32. The van der Waals surface area contributed by atoms with E-state index in [1.807, 2.05) is 0 Å². The van der Waals surface area contributed by atoms with Crippen LogP contribution in [0.1, 0.15) is 0 Å². The number of benzene rings is 1. The van der Waals surface area contributed by atoms with Crippen molar-refractivity contribution in [2.45, 2.75) is 0 Å². The Balaban J connectivity index is 2.71. The molecule has 0 fully saturated rings. The van der Waals surface area contributed by atoms with E-state index in [1.54, 1.807) is 0 Å². The standard InChI is InChI=1S/C8H6BFN2O2/c10-6-4-8-7(11-1-2-12-8)3-5(6)9(13)14/h1-4,13-14H. The quantitative estimate of drug-likeness (QED) is 0.594. The van der Waals surface area contributed by atoms with Gasteiger partial charge in [0.15, 0.2) is 0 Å². The first-order valence-electron chi connectivity index (χ1n) is 3.95. The summed E-state index contributed by atoms with van der Waals surface area (Å²) >= 11 is 0. The smallest absolute Gasteiger partial charge is 0.423 e. The lowest BCUT2D eigenvalue weighted by molar-refractivity contribution is 0.423. The molecule has 0 saturated heterocycles. The summed E-state index contributed by atoms with van der Waals surface area (Å²) in [5.41, 5.74) is 0.615. The van der Waals surface area contributed by atoms with E-state index in [0.29, 0.717) is 11.0 Å². The summed E-state index contributed by atoms with van der Waals surface area (Å²) in [7, 11) is -1.83. The van der Waals surface area contributed by atoms with E-state index in [2.05, 4.69) is 9.97 Å². The van der Waals surface area contributed by atoms with Crippen molar-refractivity contribution in [3.63, 3.8) is 0 Å². The Morgan fingerprint density at radius 2 is 1.64 bits per heavy atom. The zero-order chi connectivity index (χ0) is 10.1. The first-order chi connectivity index (χ1) is 6.68. The van der Waals surface area contributed by atoms with E-state index in [-0.39, 0.29) is 5.46 Å². The van der Waals surface area contributed by atoms with Crippen molar-refractivity contribution >= 4 is 23.6 Å². The molecule has 1 aromatic heterocycles. The predicted octanol–water partition coefficient (Wildman–Crippen LogP) is -0.551. The third-order valence-corrected chi connectivity index (χ3v) is 1.87. The van der Waals surface area contributed by atoms with Crippen molar-refractivity contribution in [3.8, 4) is 0 Å². The fourth-order valence-corrected chi connectivity index (χ4v) is 1.20. The second-order valence-electron chi connectivity index (χ2n) is 2.79. The largest absolute Gasteiger partial charge is 0.491 e. The van der Waals surface area contributed by atoms with Gasteiger partial charge in [-0.2, -0.15) is 0 Å². The number of hydrogen-bond donors (Lipinski definition) is 2. The van der Waals surface area contributed by atoms with Gasteiger partial charge in [0.05, 0.1) is 11.0 Å². The summed E-state index contributed by atoms with van der Waals surface area (Å²) in [4.78, 5) is 7.79. The molecule has 6 heteroatoms. The van der Waals surface area contributed by atoms with Crippen LogP contribution >= 0.6 is 0 Å². The minimum Gasteiger partial charge on any atom is -0.423 e. The van der Waals surface area contributed by atoms with Gasteiger partial charge < -0.3 is 10.0 Å². The molecule has 0 unspecified atom stereocenters. The Morgan fingerprint density at radius 1 is 1.07 bits per heavy atom. The second-order valence-corrected chi connectivity index (χ2v) is 2.79. The van der Waals surface area contributed by atoms with E-state index < -0.39 is 12.9 Å². The number of rotatable bonds is 1. The highest BCUT2D eigenvalue weighted by atomic mass is 19.1. The zero-order valence-electron chi connectivity index (χ0n) is 7.05. The van der Waals surface area contributed by atoms with Crippen LogP contribution in [0.2, 0.25) is 0 Å². The highest BCUT2D eigenvalue weighted by Gasteiger charge is 2.17. The third kappa shape index (κ3) is 1.45. The highest BCUT2D eigenvalue weighted by Crippen LogP contribution is 2.08. The van der Waals surface area contributed by atoms with Gasteiger partial charge in [-0.3, -0.25) is 9.97 Å². The topological polar surface area (TPSA) is 66.2 Å². The monoisotopic (exact) mass is 192 g/mol. The maximum absolute atomic E-state index is 13.2. The van der Waals surface area contributed by atoms with Crippen molar-refractivity contribution in [1.29, 1.82) is 0 Å². The zero-order valence-corrected chi connectivity index (χ0v) is 7.05. The van der Waals surface area contributed by atoms with Crippen LogP contribution in [0.5, 0.6) is 0 Å². The van der Waals surface area contributed by atoms with Crippen LogP contribution in [0.15, 0.2) is 24.5 Å². The number of halogens is 1. The highest BCUT2D eigenvalue weighted by molar-refractivity contribution is 6.59. The maximum atomic E-state index is 13.2. The van der Waals surface area contributed by atoms with E-state index in [9.17, 15) is 4.39 Å². The number of nitrogens with zero attached hydrogens (tertiary/aromatic N) is 2. The molecule has 2 aromatic rings. The van der Waals surface area contributed by atoms with E-state index >= 15 is 0 Å². The Morgan fingerprint density at radius 3 is 2.21 bits per heavy atom. The van der Waals surface area contributed by atoms with Gasteiger partial charge in [0.1, 0.15) is 5.82 Å². The first kappa shape index (κ1) is 9.05. The molecular weight excluding hydrogens is 186 g/mol. The molecule has 0 aliphatic rings. The van der Waals surface area contributed by atoms with Crippen molar-refractivity contribution in [3.05, 3.63) is 30.3 Å². The summed E-state index contributed by atoms with van der Waals surface area (Å²) in [6.45, 7) is 0. The van der Waals surface area contributed by atoms with E-state index in [1.165, 1.54) is 18.5 Å². The van der Waals surface area contributed by atoms with Crippen LogP contribution in [-0.4, -0.2) is 27.1 Å². The molecule has 14 heavy (non-hydrogen) atoms. The Labute approximate surface area is 79.2 Å². The molecule has 0 aliphatic carbocycles. The summed E-state index contributed by atoms with van der Waals surface area (Å²) in [5.74, 6) is -0.701. The molecule has 1 aromatic carbocycles. The molecule has 0 spiro atoms. The molecule has 4 nitrogen and oxygen atoms in total. The lowest BCUT2D eigenvalue weighted by Gasteiger charge is -2.02. The molecule has 1 heterocycles. The molecule has 0 bridgehead atoms. The molecule has 70 valence electrons. The lowest BCUT2D eigenvalue weighted by atomic mass is 9.79. The van der Waals surface area contributed by atoms with Crippen molar-refractivity contribution in [2.75, 3.05) is 0 Å². The van der Waals surface area contributed by atoms with Gasteiger partial charge in [-0.25, -0.2) is 4.39 Å². The van der Waals surface area contributed by atoms with Gasteiger partial charge >= 0.3 is 7.12 Å². The maximum Gasteiger partial charge on any atom is 0.491 e. The first-order valence-corrected chi connectivity index (χ1v) is 3.95. The molecule has 0 aliphatic heterocycles. The summed E-state index contributed by atoms with van der Waals surface area (Å²) in [6.07, 6.45) is 2.89. The third-order valence-electron chi connectivity index (χ3n) is 1.87. The predicted molar refractivity (Wildman–Crippen MR) is 49.3 cm³/mol. The summed E-state index contributed by atoms with van der Waals surface area (Å²) < 4.78 is 13.2. The number of fused-ring (bicyclic) bond motifs is 1. The van der Waals surface area contributed by atoms with Gasteiger partial charge in [-0.1, -0.05) is 0 Å². The molecule has 2 N–H and O–H groups in total. The van der Waals surface area contributed by atoms with E-state index in [0.717, 1.165) is 6.07 Å². The molecule has 0 atom stereocenters.